The van der Waals surface area contributed by atoms with Gasteiger partial charge in [-0.1, -0.05) is 109 Å². The lowest BCUT2D eigenvalue weighted by Gasteiger charge is -2.30. The Bertz CT molecular complexity index is 1850. The van der Waals surface area contributed by atoms with E-state index < -0.39 is 17.8 Å². The Balaban J connectivity index is 0.967. The first-order valence-corrected chi connectivity index (χ1v) is 18.2. The molecule has 3 unspecified atom stereocenters. The van der Waals surface area contributed by atoms with Crippen LogP contribution in [0.15, 0.2) is 97.1 Å². The summed E-state index contributed by atoms with van der Waals surface area (Å²) in [6.07, 6.45) is 7.06. The highest BCUT2D eigenvalue weighted by Crippen LogP contribution is 2.33. The van der Waals surface area contributed by atoms with Crippen molar-refractivity contribution < 1.29 is 23.8 Å². The summed E-state index contributed by atoms with van der Waals surface area (Å²) < 4.78 is 18.5. The highest BCUT2D eigenvalue weighted by molar-refractivity contribution is 5.75. The minimum atomic E-state index is -0.485. The number of carbonyl (C=O) groups excluding carboxylic acids is 2. The number of alkyl carbamates (subject to hydrolysis) is 1. The maximum Gasteiger partial charge on any atom is 0.410 e. The third-order valence-corrected chi connectivity index (χ3v) is 10.3. The van der Waals surface area contributed by atoms with Crippen molar-refractivity contribution in [3.63, 3.8) is 0 Å². The van der Waals surface area contributed by atoms with Gasteiger partial charge in [0.25, 0.3) is 0 Å². The first kappa shape index (κ1) is 35.9. The quantitative estimate of drug-likeness (QED) is 0.180. The van der Waals surface area contributed by atoms with Gasteiger partial charge in [0.15, 0.2) is 0 Å². The molecule has 3 atom stereocenters. The highest BCUT2D eigenvalue weighted by atomic mass is 16.6. The fourth-order valence-corrected chi connectivity index (χ4v) is 6.99. The zero-order chi connectivity index (χ0) is 35.8. The van der Waals surface area contributed by atoms with Crippen LogP contribution in [0, 0.1) is 0 Å². The molecule has 0 aromatic heterocycles. The average molecular weight is 687 g/mol. The minimum absolute atomic E-state index is 0.103. The number of hydrogen-bond donors (Lipinski definition) is 1. The molecule has 0 aliphatic heterocycles. The van der Waals surface area contributed by atoms with Gasteiger partial charge in [-0.05, 0) is 85.4 Å². The van der Waals surface area contributed by atoms with Crippen molar-refractivity contribution in [1.82, 2.24) is 10.2 Å². The topological polar surface area (TPSA) is 77.1 Å². The minimum Gasteiger partial charge on any atom is -0.441 e. The Morgan fingerprint density at radius 3 is 2.10 bits per heavy atom. The summed E-state index contributed by atoms with van der Waals surface area (Å²) in [6.45, 7) is 6.91. The number of ether oxygens (including phenoxy) is 3. The van der Waals surface area contributed by atoms with E-state index >= 15 is 0 Å². The summed E-state index contributed by atoms with van der Waals surface area (Å²) in [5.41, 5.74) is 8.67. The third-order valence-electron chi connectivity index (χ3n) is 10.3. The van der Waals surface area contributed by atoms with Crippen LogP contribution in [0.25, 0.3) is 12.2 Å². The molecule has 0 fully saturated rings. The van der Waals surface area contributed by atoms with Crippen LogP contribution in [0.5, 0.6) is 0 Å². The van der Waals surface area contributed by atoms with Gasteiger partial charge in [-0.15, -0.1) is 0 Å². The van der Waals surface area contributed by atoms with Gasteiger partial charge in [0, 0.05) is 44.6 Å². The number of nitrogens with one attached hydrogen (secondary N) is 1. The first-order chi connectivity index (χ1) is 24.7. The molecule has 0 heterocycles. The lowest BCUT2D eigenvalue weighted by Crippen LogP contribution is -2.38. The van der Waals surface area contributed by atoms with Crippen LogP contribution in [-0.4, -0.2) is 48.9 Å². The monoisotopic (exact) mass is 686 g/mol. The molecule has 6 rings (SSSR count). The molecule has 266 valence electrons. The Morgan fingerprint density at radius 1 is 0.745 bits per heavy atom. The molecule has 7 heteroatoms. The van der Waals surface area contributed by atoms with E-state index in [1.54, 1.807) is 11.9 Å². The molecule has 0 radical (unpaired) electrons. The normalized spacial score (nSPS) is 17.7. The molecular formula is C44H50N2O5. The second-order valence-corrected chi connectivity index (χ2v) is 14.3. The van der Waals surface area contributed by atoms with Gasteiger partial charge in [0.2, 0.25) is 0 Å². The lowest BCUT2D eigenvalue weighted by atomic mass is 9.87. The van der Waals surface area contributed by atoms with Crippen molar-refractivity contribution in [2.75, 3.05) is 20.2 Å². The second-order valence-electron chi connectivity index (χ2n) is 14.3. The molecule has 0 saturated carbocycles. The molecule has 51 heavy (non-hydrogen) atoms. The van der Waals surface area contributed by atoms with Gasteiger partial charge in [-0.2, -0.15) is 0 Å². The molecule has 2 aliphatic rings. The van der Waals surface area contributed by atoms with E-state index in [4.69, 9.17) is 14.2 Å². The van der Waals surface area contributed by atoms with E-state index in [1.165, 1.54) is 16.7 Å². The molecule has 4 aromatic rings. The smallest absolute Gasteiger partial charge is 0.410 e. The van der Waals surface area contributed by atoms with E-state index in [0.717, 1.165) is 40.7 Å². The van der Waals surface area contributed by atoms with Gasteiger partial charge in [-0.25, -0.2) is 9.59 Å². The number of rotatable bonds is 10. The van der Waals surface area contributed by atoms with E-state index in [9.17, 15) is 9.59 Å². The molecule has 0 spiro atoms. The largest absolute Gasteiger partial charge is 0.441 e. The first-order valence-electron chi connectivity index (χ1n) is 18.2. The molecule has 2 amide bonds. The van der Waals surface area contributed by atoms with Crippen molar-refractivity contribution in [3.8, 4) is 0 Å². The number of fused-ring (bicyclic) bond motifs is 4. The lowest BCUT2D eigenvalue weighted by molar-refractivity contribution is -0.0303. The van der Waals surface area contributed by atoms with E-state index in [0.29, 0.717) is 38.8 Å². The van der Waals surface area contributed by atoms with Gasteiger partial charge in [0.05, 0.1) is 5.60 Å². The maximum absolute atomic E-state index is 13.4. The fourth-order valence-electron chi connectivity index (χ4n) is 6.99. The molecule has 4 aromatic carbocycles. The van der Waals surface area contributed by atoms with E-state index in [2.05, 4.69) is 66.0 Å². The predicted octanol–water partition coefficient (Wildman–Crippen LogP) is 9.30. The van der Waals surface area contributed by atoms with Crippen molar-refractivity contribution >= 4 is 24.3 Å². The van der Waals surface area contributed by atoms with Gasteiger partial charge < -0.3 is 24.4 Å². The number of carbonyl (C=O) groups is 2. The van der Waals surface area contributed by atoms with Crippen LogP contribution >= 0.6 is 0 Å². The van der Waals surface area contributed by atoms with Crippen molar-refractivity contribution in [3.05, 3.63) is 142 Å². The fraction of sp³-hybridized carbons (Fsp3) is 0.364. The van der Waals surface area contributed by atoms with Crippen LogP contribution in [0.4, 0.5) is 9.59 Å². The standard InChI is InChI=1S/C44H50N2O5/c1-31(46(4)43(48)51-41-30-37-18-8-6-14-33(37)22-24-35-16-10-12-20-39(35)41)25-28-49-44(2,3)26-27-45-42(47)50-40-29-36-17-7-5-13-32(36)21-23-34-15-9-11-19-38(34)40/h5-20,22,24,31,40-41H,21,23,25-30H2,1-4H3,(H,45,47)/b24-22-. The van der Waals surface area contributed by atoms with Crippen LogP contribution < -0.4 is 5.32 Å². The summed E-state index contributed by atoms with van der Waals surface area (Å²) in [5.74, 6) is 0. The van der Waals surface area contributed by atoms with Crippen molar-refractivity contribution in [1.29, 1.82) is 0 Å². The molecule has 7 nitrogen and oxygen atoms in total. The van der Waals surface area contributed by atoms with Gasteiger partial charge in [-0.3, -0.25) is 0 Å². The van der Waals surface area contributed by atoms with E-state index in [-0.39, 0.29) is 18.2 Å². The Labute approximate surface area is 302 Å². The Kier molecular flexibility index (Phi) is 11.6. The molecular weight excluding hydrogens is 636 g/mol. The summed E-state index contributed by atoms with van der Waals surface area (Å²) in [5, 5.41) is 2.95. The molecule has 1 N–H and O–H groups in total. The summed E-state index contributed by atoms with van der Waals surface area (Å²) in [4.78, 5) is 28.1. The van der Waals surface area contributed by atoms with Crippen molar-refractivity contribution in [2.45, 2.75) is 83.1 Å². The van der Waals surface area contributed by atoms with Crippen LogP contribution in [0.3, 0.4) is 0 Å². The number of aryl methyl sites for hydroxylation is 2. The zero-order valence-corrected chi connectivity index (χ0v) is 30.3. The second kappa shape index (κ2) is 16.4. The summed E-state index contributed by atoms with van der Waals surface area (Å²) in [7, 11) is 1.78. The average Bonchev–Trinajstić information content (AvgIpc) is 3.11. The summed E-state index contributed by atoms with van der Waals surface area (Å²) >= 11 is 0. The van der Waals surface area contributed by atoms with Crippen molar-refractivity contribution in [2.24, 2.45) is 0 Å². The van der Waals surface area contributed by atoms with Crippen LogP contribution in [0.1, 0.15) is 90.3 Å². The zero-order valence-electron chi connectivity index (χ0n) is 30.3. The molecule has 2 aliphatic carbocycles. The Morgan fingerprint density at radius 2 is 1.31 bits per heavy atom. The SMILES string of the molecule is CC(CCOC(C)(C)CCNC(=O)OC1Cc2ccccc2CCc2ccccc21)N(C)C(=O)OC1Cc2ccccc2/C=C\c2ccccc21. The predicted molar refractivity (Wildman–Crippen MR) is 202 cm³/mol. The van der Waals surface area contributed by atoms with Gasteiger partial charge in [0.1, 0.15) is 12.2 Å². The van der Waals surface area contributed by atoms with Crippen LogP contribution in [-0.2, 0) is 39.9 Å². The van der Waals surface area contributed by atoms with E-state index in [1.807, 2.05) is 69.3 Å². The molecule has 0 bridgehead atoms. The number of amides is 2. The summed E-state index contributed by atoms with van der Waals surface area (Å²) in [6, 6.07) is 32.9. The third kappa shape index (κ3) is 9.27. The number of nitrogens with zero attached hydrogens (tertiary/aromatic N) is 1. The number of benzene rings is 4. The molecule has 0 saturated heterocycles. The van der Waals surface area contributed by atoms with Crippen LogP contribution in [0.2, 0.25) is 0 Å². The number of hydrogen-bond acceptors (Lipinski definition) is 5. The maximum atomic E-state index is 13.4. The van der Waals surface area contributed by atoms with Gasteiger partial charge >= 0.3 is 12.2 Å². The highest BCUT2D eigenvalue weighted by Gasteiger charge is 2.27. The Hall–Kier alpha value is -4.88.